The van der Waals surface area contributed by atoms with E-state index in [1.54, 1.807) is 0 Å². The van der Waals surface area contributed by atoms with Crippen molar-refractivity contribution in [3.05, 3.63) is 37.6 Å². The summed E-state index contributed by atoms with van der Waals surface area (Å²) in [6.45, 7) is 18.1. The summed E-state index contributed by atoms with van der Waals surface area (Å²) >= 11 is 0. The zero-order chi connectivity index (χ0) is 22.4. The lowest BCUT2D eigenvalue weighted by Crippen LogP contribution is -2.06. The summed E-state index contributed by atoms with van der Waals surface area (Å²) in [5, 5.41) is 8.65. The van der Waals surface area contributed by atoms with E-state index in [0.29, 0.717) is 24.5 Å². The topological polar surface area (TPSA) is 89.9 Å². The first-order valence-corrected chi connectivity index (χ1v) is 9.68. The summed E-state index contributed by atoms with van der Waals surface area (Å²) < 4.78 is 8.84. The van der Waals surface area contributed by atoms with Crippen molar-refractivity contribution in [2.75, 3.05) is 6.61 Å². The van der Waals surface area contributed by atoms with Gasteiger partial charge in [0.1, 0.15) is 0 Å². The minimum absolute atomic E-state index is 0.329. The van der Waals surface area contributed by atoms with E-state index in [1.165, 1.54) is 25.8 Å². The van der Waals surface area contributed by atoms with Gasteiger partial charge in [0.05, 0.1) is 12.9 Å². The molecule has 0 aromatic heterocycles. The number of hydrogen-bond donors (Lipinski definition) is 1. The fraction of sp³-hybridized carbons (Fsp3) is 0.591. The van der Waals surface area contributed by atoms with Crippen LogP contribution >= 0.6 is 0 Å². The van der Waals surface area contributed by atoms with Gasteiger partial charge in [-0.3, -0.25) is 4.79 Å². The van der Waals surface area contributed by atoms with E-state index in [-0.39, 0.29) is 11.9 Å². The van der Waals surface area contributed by atoms with Crippen molar-refractivity contribution in [3.63, 3.8) is 0 Å². The van der Waals surface area contributed by atoms with Crippen LogP contribution in [0.4, 0.5) is 0 Å². The summed E-state index contributed by atoms with van der Waals surface area (Å²) in [4.78, 5) is 30.6. The molecule has 0 rings (SSSR count). The average molecular weight is 399 g/mol. The molecule has 6 heteroatoms. The molecule has 1 unspecified atom stereocenters. The molecule has 0 aromatic rings. The third-order valence-electron chi connectivity index (χ3n) is 3.54. The van der Waals surface area contributed by atoms with E-state index < -0.39 is 5.97 Å². The monoisotopic (exact) mass is 398 g/mol. The third kappa shape index (κ3) is 25.9. The third-order valence-corrected chi connectivity index (χ3v) is 3.54. The van der Waals surface area contributed by atoms with Gasteiger partial charge in [-0.15, -0.1) is 0 Å². The zero-order valence-corrected chi connectivity index (χ0v) is 18.0. The lowest BCUT2D eigenvalue weighted by Gasteiger charge is -2.13. The highest BCUT2D eigenvalue weighted by Crippen LogP contribution is 2.20. The van der Waals surface area contributed by atoms with Gasteiger partial charge in [0.15, 0.2) is 0 Å². The predicted octanol–water partition coefficient (Wildman–Crippen LogP) is 5.44. The van der Waals surface area contributed by atoms with Gasteiger partial charge in [-0.25, -0.2) is 9.59 Å². The van der Waals surface area contributed by atoms with E-state index in [2.05, 4.69) is 43.1 Å². The maximum Gasteiger partial charge on any atom is 0.330 e. The van der Waals surface area contributed by atoms with Crippen LogP contribution in [0.3, 0.4) is 0 Å². The van der Waals surface area contributed by atoms with Crippen LogP contribution in [0, 0.1) is 5.92 Å². The second kappa shape index (κ2) is 22.7. The molecule has 162 valence electrons. The molecule has 0 aromatic carbocycles. The highest BCUT2D eigenvalue weighted by Gasteiger charge is 2.11. The molecule has 0 amide bonds. The van der Waals surface area contributed by atoms with Crippen molar-refractivity contribution in [1.82, 2.24) is 0 Å². The van der Waals surface area contributed by atoms with Gasteiger partial charge >= 0.3 is 17.9 Å². The summed E-state index contributed by atoms with van der Waals surface area (Å²) in [6, 6.07) is 0. The summed E-state index contributed by atoms with van der Waals surface area (Å²) in [5.74, 6) is -1.01. The summed E-state index contributed by atoms with van der Waals surface area (Å²) in [5.41, 5.74) is 0.350. The van der Waals surface area contributed by atoms with Crippen molar-refractivity contribution in [2.24, 2.45) is 5.92 Å². The first kappa shape index (κ1) is 30.4. The van der Waals surface area contributed by atoms with Gasteiger partial charge in [0.2, 0.25) is 0 Å². The Bertz CT molecular complexity index is 468. The standard InChI is InChI=1S/C11H20O2.C7H12O2.C4H6O2/c1-4-6-7-10(5-2)8-9(3)11(12)13;1-3-5-6-9-7(8)4-2;1-3-6-4(2)5/h10H,3-8H2,1-2H3,(H,12,13);4H,2-3,5-6H2,1H3;3H,1H2,2H3. The molecule has 0 radical (unpaired) electrons. The Kier molecular flexibility index (Phi) is 24.6. The molecular weight excluding hydrogens is 360 g/mol. The molecule has 0 heterocycles. The van der Waals surface area contributed by atoms with Crippen LogP contribution < -0.4 is 0 Å². The summed E-state index contributed by atoms with van der Waals surface area (Å²) in [6.07, 6.45) is 9.43. The number of carbonyl (C=O) groups is 3. The molecule has 28 heavy (non-hydrogen) atoms. The maximum atomic E-state index is 10.5. The largest absolute Gasteiger partial charge is 0.478 e. The van der Waals surface area contributed by atoms with E-state index in [4.69, 9.17) is 5.11 Å². The van der Waals surface area contributed by atoms with Gasteiger partial charge < -0.3 is 14.6 Å². The maximum absolute atomic E-state index is 10.5. The minimum atomic E-state index is -0.852. The molecule has 0 aliphatic heterocycles. The quantitative estimate of drug-likeness (QED) is 0.204. The van der Waals surface area contributed by atoms with Crippen molar-refractivity contribution < 1.29 is 29.0 Å². The number of carboxylic acid groups (broad SMARTS) is 1. The molecule has 0 bridgehead atoms. The molecule has 6 nitrogen and oxygen atoms in total. The van der Waals surface area contributed by atoms with E-state index in [0.717, 1.165) is 31.9 Å². The van der Waals surface area contributed by atoms with Crippen LogP contribution in [0.1, 0.15) is 72.6 Å². The zero-order valence-electron chi connectivity index (χ0n) is 18.0. The molecule has 0 aliphatic carbocycles. The van der Waals surface area contributed by atoms with E-state index >= 15 is 0 Å². The van der Waals surface area contributed by atoms with Crippen molar-refractivity contribution in [2.45, 2.75) is 72.6 Å². The minimum Gasteiger partial charge on any atom is -0.478 e. The van der Waals surface area contributed by atoms with Crippen molar-refractivity contribution >= 4 is 17.9 Å². The average Bonchev–Trinajstić information content (AvgIpc) is 2.65. The van der Waals surface area contributed by atoms with Gasteiger partial charge in [-0.05, 0) is 18.8 Å². The molecule has 1 N–H and O–H groups in total. The second-order valence-corrected chi connectivity index (χ2v) is 6.03. The Morgan fingerprint density at radius 3 is 1.96 bits per heavy atom. The van der Waals surface area contributed by atoms with E-state index in [1.807, 2.05) is 6.92 Å². The molecule has 0 saturated carbocycles. The Balaban J connectivity index is -0.000000362. The van der Waals surface area contributed by atoms with Crippen LogP contribution in [-0.2, 0) is 23.9 Å². The molecule has 0 saturated heterocycles. The van der Waals surface area contributed by atoms with Gasteiger partial charge in [-0.2, -0.15) is 0 Å². The normalized spacial score (nSPS) is 10.0. The number of hydrogen-bond acceptors (Lipinski definition) is 5. The smallest absolute Gasteiger partial charge is 0.330 e. The second-order valence-electron chi connectivity index (χ2n) is 6.03. The number of unbranched alkanes of at least 4 members (excludes halogenated alkanes) is 2. The molecular formula is C22H38O6. The van der Waals surface area contributed by atoms with Crippen LogP contribution in [0.15, 0.2) is 37.6 Å². The molecule has 0 fully saturated rings. The number of esters is 2. The van der Waals surface area contributed by atoms with Gasteiger partial charge in [0, 0.05) is 18.6 Å². The molecule has 1 atom stereocenters. The van der Waals surface area contributed by atoms with Gasteiger partial charge in [-0.1, -0.05) is 72.6 Å². The number of carboxylic acids is 1. The van der Waals surface area contributed by atoms with Crippen LogP contribution in [0.25, 0.3) is 0 Å². The van der Waals surface area contributed by atoms with Crippen molar-refractivity contribution in [3.8, 4) is 0 Å². The Hall–Kier alpha value is -2.37. The SMILES string of the molecule is C=C(CC(CC)CCCC)C(=O)O.C=CC(=O)OCCCC.C=COC(C)=O. The first-order chi connectivity index (χ1) is 13.2. The Morgan fingerprint density at radius 2 is 1.64 bits per heavy atom. The highest BCUT2D eigenvalue weighted by molar-refractivity contribution is 5.85. The van der Waals surface area contributed by atoms with Gasteiger partial charge in [0.25, 0.3) is 0 Å². The number of ether oxygens (including phenoxy) is 2. The van der Waals surface area contributed by atoms with Crippen LogP contribution in [0.2, 0.25) is 0 Å². The number of rotatable bonds is 12. The Labute approximate surface area is 170 Å². The van der Waals surface area contributed by atoms with Crippen LogP contribution in [-0.4, -0.2) is 29.6 Å². The Morgan fingerprint density at radius 1 is 1.07 bits per heavy atom. The number of carbonyl (C=O) groups excluding carboxylic acids is 2. The van der Waals surface area contributed by atoms with Crippen LogP contribution in [0.5, 0.6) is 0 Å². The summed E-state index contributed by atoms with van der Waals surface area (Å²) in [7, 11) is 0. The molecule has 0 aliphatic rings. The first-order valence-electron chi connectivity index (χ1n) is 9.68. The van der Waals surface area contributed by atoms with Crippen molar-refractivity contribution in [1.29, 1.82) is 0 Å². The van der Waals surface area contributed by atoms with E-state index in [9.17, 15) is 14.4 Å². The lowest BCUT2D eigenvalue weighted by molar-refractivity contribution is -0.138. The number of aliphatic carboxylic acids is 1. The fourth-order valence-corrected chi connectivity index (χ4v) is 1.87. The predicted molar refractivity (Wildman–Crippen MR) is 113 cm³/mol. The highest BCUT2D eigenvalue weighted by atomic mass is 16.5. The molecule has 0 spiro atoms. The lowest BCUT2D eigenvalue weighted by atomic mass is 9.92. The fourth-order valence-electron chi connectivity index (χ4n) is 1.87.